The smallest absolute Gasteiger partial charge is 0.472 e. The van der Waals surface area contributed by atoms with Gasteiger partial charge in [-0.05, 0) is 44.9 Å². The SMILES string of the molecule is CCCCC/C=C\C/C=C\CCCCCCCC(=O)OC[C@H](COP(=O)(O)OC[C@H](N)C(=O)O)OC(=O)CCCCCCCCCCCCCCCCCCCC. The van der Waals surface area contributed by atoms with Crippen LogP contribution in [0.3, 0.4) is 0 Å². The molecule has 3 atom stereocenters. The van der Waals surface area contributed by atoms with E-state index in [1.54, 1.807) is 0 Å². The average molecular weight is 830 g/mol. The second kappa shape index (κ2) is 40.7. The van der Waals surface area contributed by atoms with Gasteiger partial charge in [-0.3, -0.25) is 23.4 Å². The fourth-order valence-electron chi connectivity index (χ4n) is 6.33. The van der Waals surface area contributed by atoms with Crippen LogP contribution in [0, 0.1) is 0 Å². The number of phosphoric acid groups is 1. The van der Waals surface area contributed by atoms with Crippen molar-refractivity contribution in [2.75, 3.05) is 19.8 Å². The molecule has 0 saturated carbocycles. The normalized spacial score (nSPS) is 13.9. The molecule has 0 fully saturated rings. The van der Waals surface area contributed by atoms with E-state index < -0.39 is 51.1 Å². The van der Waals surface area contributed by atoms with Crippen molar-refractivity contribution in [2.24, 2.45) is 5.73 Å². The zero-order chi connectivity index (χ0) is 42.1. The maximum atomic E-state index is 12.6. The van der Waals surface area contributed by atoms with Gasteiger partial charge in [-0.25, -0.2) is 4.57 Å². The topological polar surface area (TPSA) is 172 Å². The van der Waals surface area contributed by atoms with Crippen LogP contribution in [0.5, 0.6) is 0 Å². The van der Waals surface area contributed by atoms with E-state index in [0.29, 0.717) is 12.8 Å². The Morgan fingerprint density at radius 2 is 0.930 bits per heavy atom. The molecule has 0 aliphatic heterocycles. The molecule has 0 aliphatic rings. The van der Waals surface area contributed by atoms with Crippen molar-refractivity contribution in [2.45, 2.75) is 225 Å². The van der Waals surface area contributed by atoms with Gasteiger partial charge in [-0.2, -0.15) is 0 Å². The van der Waals surface area contributed by atoms with Gasteiger partial charge in [0.25, 0.3) is 0 Å². The van der Waals surface area contributed by atoms with Crippen LogP contribution in [0.4, 0.5) is 0 Å². The highest BCUT2D eigenvalue weighted by atomic mass is 31.2. The molecular weight excluding hydrogens is 745 g/mol. The molecule has 11 nitrogen and oxygen atoms in total. The average Bonchev–Trinajstić information content (AvgIpc) is 3.19. The number of nitrogens with two attached hydrogens (primary N) is 1. The standard InChI is InChI=1S/C45H84NO10P/c1-3-5-7-9-11-13-15-17-19-20-21-23-25-27-29-31-33-35-37-44(48)56-41(39-54-57(51,52)55-40-42(46)45(49)50)38-53-43(47)36-34-32-30-28-26-24-22-18-16-14-12-10-8-6-4-2/h12,14,18,22,41-42H,3-11,13,15-17,19-21,23-40,46H2,1-2H3,(H,49,50)(H,51,52)/b14-12-,22-18-/t41-,42+/m1/s1. The van der Waals surface area contributed by atoms with Crippen LogP contribution in [-0.2, 0) is 37.5 Å². The van der Waals surface area contributed by atoms with Crippen LogP contribution in [0.1, 0.15) is 213 Å². The fraction of sp³-hybridized carbons (Fsp3) is 0.844. The highest BCUT2D eigenvalue weighted by molar-refractivity contribution is 7.47. The van der Waals surface area contributed by atoms with E-state index in [1.807, 2.05) is 0 Å². The molecule has 0 aromatic heterocycles. The molecule has 0 aromatic carbocycles. The Hall–Kier alpha value is -2.04. The van der Waals surface area contributed by atoms with Crippen molar-refractivity contribution >= 4 is 25.7 Å². The molecule has 0 aliphatic carbocycles. The summed E-state index contributed by atoms with van der Waals surface area (Å²) in [5.74, 6) is -2.38. The third-order valence-electron chi connectivity index (χ3n) is 9.95. The zero-order valence-electron chi connectivity index (χ0n) is 36.2. The van der Waals surface area contributed by atoms with Crippen molar-refractivity contribution in [3.05, 3.63) is 24.3 Å². The van der Waals surface area contributed by atoms with Gasteiger partial charge < -0.3 is 25.2 Å². The minimum atomic E-state index is -4.72. The molecule has 0 radical (unpaired) electrons. The van der Waals surface area contributed by atoms with Gasteiger partial charge in [0.05, 0.1) is 13.2 Å². The number of hydrogen-bond acceptors (Lipinski definition) is 9. The van der Waals surface area contributed by atoms with Gasteiger partial charge >= 0.3 is 25.7 Å². The molecule has 0 rings (SSSR count). The summed E-state index contributed by atoms with van der Waals surface area (Å²) in [6.45, 7) is 2.79. The first-order valence-electron chi connectivity index (χ1n) is 22.9. The second-order valence-corrected chi connectivity index (χ2v) is 17.0. The fourth-order valence-corrected chi connectivity index (χ4v) is 7.11. The lowest BCUT2D eigenvalue weighted by atomic mass is 10.0. The van der Waals surface area contributed by atoms with Gasteiger partial charge in [-0.1, -0.05) is 179 Å². The quantitative estimate of drug-likeness (QED) is 0.0231. The lowest BCUT2D eigenvalue weighted by Gasteiger charge is -2.20. The largest absolute Gasteiger partial charge is 0.480 e. The number of phosphoric ester groups is 1. The Morgan fingerprint density at radius 3 is 1.40 bits per heavy atom. The predicted octanol–water partition coefficient (Wildman–Crippen LogP) is 12.2. The minimum absolute atomic E-state index is 0.163. The third-order valence-corrected chi connectivity index (χ3v) is 10.9. The van der Waals surface area contributed by atoms with E-state index in [9.17, 15) is 23.8 Å². The molecule has 0 spiro atoms. The summed E-state index contributed by atoms with van der Waals surface area (Å²) in [5.41, 5.74) is 5.34. The number of unbranched alkanes of at least 4 members (excludes halogenated alkanes) is 25. The predicted molar refractivity (Wildman–Crippen MR) is 231 cm³/mol. The first kappa shape index (κ1) is 55.0. The van der Waals surface area contributed by atoms with Crippen molar-refractivity contribution in [3.8, 4) is 0 Å². The van der Waals surface area contributed by atoms with E-state index in [0.717, 1.165) is 64.2 Å². The number of hydrogen-bond donors (Lipinski definition) is 3. The molecule has 0 saturated heterocycles. The van der Waals surface area contributed by atoms with Crippen molar-refractivity contribution in [1.82, 2.24) is 0 Å². The van der Waals surface area contributed by atoms with E-state index in [4.69, 9.17) is 24.8 Å². The first-order chi connectivity index (χ1) is 27.6. The number of carboxylic acids is 1. The summed E-state index contributed by atoms with van der Waals surface area (Å²) >= 11 is 0. The van der Waals surface area contributed by atoms with Gasteiger partial charge in [0, 0.05) is 12.8 Å². The lowest BCUT2D eigenvalue weighted by Crippen LogP contribution is -2.34. The molecule has 4 N–H and O–H groups in total. The van der Waals surface area contributed by atoms with Crippen LogP contribution in [0.25, 0.3) is 0 Å². The van der Waals surface area contributed by atoms with Crippen LogP contribution >= 0.6 is 7.82 Å². The maximum Gasteiger partial charge on any atom is 0.472 e. The summed E-state index contributed by atoms with van der Waals surface area (Å²) in [4.78, 5) is 46.0. The van der Waals surface area contributed by atoms with Crippen LogP contribution < -0.4 is 5.73 Å². The van der Waals surface area contributed by atoms with Crippen LogP contribution in [-0.4, -0.2) is 59.9 Å². The molecule has 0 heterocycles. The Bertz CT molecular complexity index is 1070. The summed E-state index contributed by atoms with van der Waals surface area (Å²) in [5, 5.41) is 8.89. The van der Waals surface area contributed by atoms with E-state index >= 15 is 0 Å². The van der Waals surface area contributed by atoms with E-state index in [2.05, 4.69) is 42.7 Å². The number of allylic oxidation sites excluding steroid dienone is 4. The number of rotatable bonds is 43. The summed E-state index contributed by atoms with van der Waals surface area (Å²) in [6, 6.07) is -1.52. The molecule has 334 valence electrons. The highest BCUT2D eigenvalue weighted by Gasteiger charge is 2.28. The number of aliphatic carboxylic acids is 1. The number of carbonyl (C=O) groups excluding carboxylic acids is 2. The molecule has 57 heavy (non-hydrogen) atoms. The molecule has 0 aromatic rings. The van der Waals surface area contributed by atoms with Crippen LogP contribution in [0.15, 0.2) is 24.3 Å². The minimum Gasteiger partial charge on any atom is -0.480 e. The Labute approximate surface area is 347 Å². The van der Waals surface area contributed by atoms with Gasteiger partial charge in [0.2, 0.25) is 0 Å². The lowest BCUT2D eigenvalue weighted by molar-refractivity contribution is -0.161. The van der Waals surface area contributed by atoms with Gasteiger partial charge in [0.1, 0.15) is 12.6 Å². The van der Waals surface area contributed by atoms with Crippen molar-refractivity contribution < 1.29 is 47.5 Å². The number of carbonyl (C=O) groups is 3. The number of ether oxygens (including phenoxy) is 2. The zero-order valence-corrected chi connectivity index (χ0v) is 37.1. The molecule has 1 unspecified atom stereocenters. The summed E-state index contributed by atoms with van der Waals surface area (Å²) in [7, 11) is -4.72. The van der Waals surface area contributed by atoms with Crippen LogP contribution in [0.2, 0.25) is 0 Å². The highest BCUT2D eigenvalue weighted by Crippen LogP contribution is 2.43. The number of esters is 2. The second-order valence-electron chi connectivity index (χ2n) is 15.5. The molecule has 0 bridgehead atoms. The van der Waals surface area contributed by atoms with Gasteiger partial charge in [0.15, 0.2) is 6.10 Å². The first-order valence-corrected chi connectivity index (χ1v) is 24.4. The van der Waals surface area contributed by atoms with Crippen molar-refractivity contribution in [1.29, 1.82) is 0 Å². The Morgan fingerprint density at radius 1 is 0.544 bits per heavy atom. The molecule has 0 amide bonds. The Balaban J connectivity index is 4.32. The van der Waals surface area contributed by atoms with Crippen molar-refractivity contribution in [3.63, 3.8) is 0 Å². The molecular formula is C45H84NO10P. The third kappa shape index (κ3) is 40.5. The summed E-state index contributed by atoms with van der Waals surface area (Å²) < 4.78 is 32.7. The number of carboxylic acid groups (broad SMARTS) is 1. The van der Waals surface area contributed by atoms with E-state index in [1.165, 1.54) is 109 Å². The Kier molecular flexibility index (Phi) is 39.3. The monoisotopic (exact) mass is 830 g/mol. The molecule has 12 heteroatoms. The maximum absolute atomic E-state index is 12.6. The van der Waals surface area contributed by atoms with Gasteiger partial charge in [-0.15, -0.1) is 0 Å². The summed E-state index contributed by atoms with van der Waals surface area (Å²) in [6.07, 6.45) is 42.4. The van der Waals surface area contributed by atoms with E-state index in [-0.39, 0.29) is 19.4 Å².